The van der Waals surface area contributed by atoms with Gasteiger partial charge in [0.05, 0.1) is 11.0 Å². The molecule has 1 aromatic rings. The van der Waals surface area contributed by atoms with Gasteiger partial charge in [-0.05, 0) is 51.1 Å². The molecule has 1 saturated heterocycles. The van der Waals surface area contributed by atoms with E-state index in [0.717, 1.165) is 31.7 Å². The van der Waals surface area contributed by atoms with E-state index in [1.807, 2.05) is 12.1 Å². The zero-order valence-electron chi connectivity index (χ0n) is 12.7. The van der Waals surface area contributed by atoms with Crippen molar-refractivity contribution in [1.29, 1.82) is 0 Å². The van der Waals surface area contributed by atoms with Crippen molar-refractivity contribution in [3.8, 4) is 0 Å². The Labute approximate surface area is 127 Å². The predicted molar refractivity (Wildman–Crippen MR) is 82.6 cm³/mol. The molecule has 1 unspecified atom stereocenters. The van der Waals surface area contributed by atoms with Crippen molar-refractivity contribution in [2.75, 3.05) is 27.2 Å². The Morgan fingerprint density at radius 1 is 1.29 bits per heavy atom. The zero-order chi connectivity index (χ0) is 15.3. The van der Waals surface area contributed by atoms with Crippen LogP contribution < -0.4 is 4.72 Å². The van der Waals surface area contributed by atoms with Crippen LogP contribution in [-0.4, -0.2) is 46.7 Å². The molecule has 118 valence electrons. The molecule has 1 atom stereocenters. The summed E-state index contributed by atoms with van der Waals surface area (Å²) in [5.41, 5.74) is 1.10. The van der Waals surface area contributed by atoms with Crippen LogP contribution in [0.5, 0.6) is 0 Å². The van der Waals surface area contributed by atoms with Crippen molar-refractivity contribution in [3.63, 3.8) is 0 Å². The second-order valence-electron chi connectivity index (χ2n) is 5.54. The first kappa shape index (κ1) is 16.4. The Morgan fingerprint density at radius 3 is 2.57 bits per heavy atom. The number of sulfonamides is 1. The molecule has 2 rings (SSSR count). The minimum atomic E-state index is -3.35. The molecule has 0 radical (unpaired) electrons. The summed E-state index contributed by atoms with van der Waals surface area (Å²) in [6, 6.07) is 7.02. The van der Waals surface area contributed by atoms with E-state index >= 15 is 0 Å². The summed E-state index contributed by atoms with van der Waals surface area (Å²) in [6.45, 7) is 2.57. The fourth-order valence-corrected chi connectivity index (χ4v) is 3.30. The zero-order valence-corrected chi connectivity index (χ0v) is 13.5. The smallest absolute Gasteiger partial charge is 0.240 e. The molecule has 1 aliphatic heterocycles. The molecule has 0 aliphatic carbocycles. The summed E-state index contributed by atoms with van der Waals surface area (Å²) in [6.07, 6.45) is 3.87. The van der Waals surface area contributed by atoms with E-state index in [9.17, 15) is 8.42 Å². The summed E-state index contributed by atoms with van der Waals surface area (Å²) in [5.74, 6) is 0. The summed E-state index contributed by atoms with van der Waals surface area (Å²) in [4.78, 5) is 2.52. The van der Waals surface area contributed by atoms with Gasteiger partial charge < -0.3 is 4.74 Å². The van der Waals surface area contributed by atoms with Crippen LogP contribution >= 0.6 is 0 Å². The lowest BCUT2D eigenvalue weighted by molar-refractivity contribution is -0.00259. The van der Waals surface area contributed by atoms with E-state index in [2.05, 4.69) is 16.7 Å². The van der Waals surface area contributed by atoms with Gasteiger partial charge in [0.1, 0.15) is 0 Å². The normalized spacial score (nSPS) is 19.9. The topological polar surface area (TPSA) is 58.6 Å². The molecule has 0 spiro atoms. The van der Waals surface area contributed by atoms with E-state index in [1.165, 1.54) is 19.9 Å². The molecule has 6 heteroatoms. The highest BCUT2D eigenvalue weighted by atomic mass is 32.2. The van der Waals surface area contributed by atoms with Gasteiger partial charge in [-0.1, -0.05) is 12.1 Å². The number of likely N-dealkylation sites (N-methyl/N-ethyl adjacent to an activating group) is 1. The van der Waals surface area contributed by atoms with E-state index in [-0.39, 0.29) is 0 Å². The minimum Gasteiger partial charge on any atom is -0.377 e. The molecular formula is C15H24N2O3S. The van der Waals surface area contributed by atoms with Crippen molar-refractivity contribution in [2.45, 2.75) is 36.8 Å². The number of ether oxygens (including phenoxy) is 1. The lowest BCUT2D eigenvalue weighted by Gasteiger charge is -2.27. The fourth-order valence-electron chi connectivity index (χ4n) is 2.57. The van der Waals surface area contributed by atoms with Crippen molar-refractivity contribution < 1.29 is 13.2 Å². The third kappa shape index (κ3) is 4.78. The maximum absolute atomic E-state index is 11.7. The van der Waals surface area contributed by atoms with Crippen LogP contribution in [0.1, 0.15) is 24.8 Å². The molecule has 0 aromatic heterocycles. The summed E-state index contributed by atoms with van der Waals surface area (Å²) in [5, 5.41) is 0. The quantitative estimate of drug-likeness (QED) is 0.867. The first-order valence-corrected chi connectivity index (χ1v) is 8.82. The lowest BCUT2D eigenvalue weighted by Crippen LogP contribution is -2.33. The van der Waals surface area contributed by atoms with Crippen LogP contribution in [0.2, 0.25) is 0 Å². The fraction of sp³-hybridized carbons (Fsp3) is 0.600. The van der Waals surface area contributed by atoms with Gasteiger partial charge in [-0.25, -0.2) is 13.1 Å². The Bertz CT molecular complexity index is 537. The molecule has 0 amide bonds. The average Bonchev–Trinajstić information content (AvgIpc) is 2.48. The van der Waals surface area contributed by atoms with Crippen molar-refractivity contribution in [3.05, 3.63) is 29.8 Å². The number of benzene rings is 1. The Kier molecular flexibility index (Phi) is 5.75. The van der Waals surface area contributed by atoms with Crippen LogP contribution in [0.25, 0.3) is 0 Å². The van der Waals surface area contributed by atoms with Crippen molar-refractivity contribution >= 4 is 10.0 Å². The first-order valence-electron chi connectivity index (χ1n) is 7.34. The van der Waals surface area contributed by atoms with Gasteiger partial charge in [0.2, 0.25) is 10.0 Å². The Hall–Kier alpha value is -0.950. The predicted octanol–water partition coefficient (Wildman–Crippen LogP) is 1.60. The molecule has 1 N–H and O–H groups in total. The van der Waals surface area contributed by atoms with Gasteiger partial charge in [0.25, 0.3) is 0 Å². The number of hydrogen-bond donors (Lipinski definition) is 1. The molecule has 0 bridgehead atoms. The highest BCUT2D eigenvalue weighted by molar-refractivity contribution is 7.89. The average molecular weight is 312 g/mol. The Morgan fingerprint density at radius 2 is 2.00 bits per heavy atom. The van der Waals surface area contributed by atoms with Gasteiger partial charge >= 0.3 is 0 Å². The minimum absolute atomic E-state index is 0.298. The van der Waals surface area contributed by atoms with Crippen LogP contribution in [0.15, 0.2) is 29.2 Å². The van der Waals surface area contributed by atoms with Crippen LogP contribution in [0, 0.1) is 0 Å². The molecule has 1 heterocycles. The second-order valence-corrected chi connectivity index (χ2v) is 7.42. The maximum atomic E-state index is 11.7. The number of nitrogens with one attached hydrogen (secondary N) is 1. The highest BCUT2D eigenvalue weighted by Gasteiger charge is 2.16. The molecular weight excluding hydrogens is 288 g/mol. The van der Waals surface area contributed by atoms with Gasteiger partial charge in [0, 0.05) is 19.7 Å². The van der Waals surface area contributed by atoms with Gasteiger partial charge in [-0.3, -0.25) is 4.90 Å². The Balaban J connectivity index is 1.90. The summed E-state index contributed by atoms with van der Waals surface area (Å²) >= 11 is 0. The largest absolute Gasteiger partial charge is 0.377 e. The monoisotopic (exact) mass is 312 g/mol. The molecule has 5 nitrogen and oxygen atoms in total. The van der Waals surface area contributed by atoms with Crippen LogP contribution in [-0.2, 0) is 21.3 Å². The number of hydrogen-bond acceptors (Lipinski definition) is 4. The summed E-state index contributed by atoms with van der Waals surface area (Å²) < 4.78 is 31.4. The van der Waals surface area contributed by atoms with Gasteiger partial charge in [-0.15, -0.1) is 0 Å². The van der Waals surface area contributed by atoms with Gasteiger partial charge in [-0.2, -0.15) is 0 Å². The van der Waals surface area contributed by atoms with E-state index in [1.54, 1.807) is 12.1 Å². The third-order valence-corrected chi connectivity index (χ3v) is 5.17. The SMILES string of the molecule is CNS(=O)(=O)c1ccc(CN(C)CC2CCCCO2)cc1. The maximum Gasteiger partial charge on any atom is 0.240 e. The standard InChI is InChI=1S/C15H24N2O3S/c1-16-21(18,19)15-8-6-13(7-9-15)11-17(2)12-14-5-3-4-10-20-14/h6-9,14,16H,3-5,10-12H2,1-2H3. The van der Waals surface area contributed by atoms with Crippen molar-refractivity contribution in [2.24, 2.45) is 0 Å². The molecule has 1 aliphatic rings. The second kappa shape index (κ2) is 7.35. The third-order valence-electron chi connectivity index (χ3n) is 3.74. The lowest BCUT2D eigenvalue weighted by atomic mass is 10.1. The first-order chi connectivity index (χ1) is 10.0. The number of rotatable bonds is 6. The van der Waals surface area contributed by atoms with E-state index < -0.39 is 10.0 Å². The van der Waals surface area contributed by atoms with Crippen molar-refractivity contribution in [1.82, 2.24) is 9.62 Å². The molecule has 1 fully saturated rings. The van der Waals surface area contributed by atoms with E-state index in [4.69, 9.17) is 4.74 Å². The molecule has 1 aromatic carbocycles. The molecule has 21 heavy (non-hydrogen) atoms. The summed E-state index contributed by atoms with van der Waals surface area (Å²) in [7, 11) is 0.134. The van der Waals surface area contributed by atoms with Gasteiger partial charge in [0.15, 0.2) is 0 Å². The molecule has 0 saturated carbocycles. The highest BCUT2D eigenvalue weighted by Crippen LogP contribution is 2.15. The van der Waals surface area contributed by atoms with Crippen LogP contribution in [0.4, 0.5) is 0 Å². The number of nitrogens with zero attached hydrogens (tertiary/aromatic N) is 1. The van der Waals surface area contributed by atoms with E-state index in [0.29, 0.717) is 11.0 Å². The van der Waals surface area contributed by atoms with Crippen LogP contribution in [0.3, 0.4) is 0 Å².